The number of halogens is 1. The number of hydrogen-bond acceptors (Lipinski definition) is 1. The van der Waals surface area contributed by atoms with Crippen molar-refractivity contribution in [3.63, 3.8) is 0 Å². The molecule has 0 spiro atoms. The van der Waals surface area contributed by atoms with Crippen molar-refractivity contribution in [2.45, 2.75) is 39.2 Å². The van der Waals surface area contributed by atoms with Crippen LogP contribution in [0.5, 0.6) is 0 Å². The van der Waals surface area contributed by atoms with Gasteiger partial charge in [-0.05, 0) is 43.5 Å². The van der Waals surface area contributed by atoms with Crippen LogP contribution in [-0.2, 0) is 5.60 Å². The van der Waals surface area contributed by atoms with Crippen LogP contribution in [-0.4, -0.2) is 5.11 Å². The first-order chi connectivity index (χ1) is 6.47. The Kier molecular flexibility index (Phi) is 3.27. The molecule has 0 bridgehead atoms. The van der Waals surface area contributed by atoms with Crippen LogP contribution >= 0.6 is 0 Å². The molecule has 0 aliphatic heterocycles. The molecule has 1 atom stereocenters. The minimum absolute atomic E-state index is 0.290. The van der Waals surface area contributed by atoms with Gasteiger partial charge in [0.05, 0.1) is 5.60 Å². The topological polar surface area (TPSA) is 20.2 Å². The second-order valence-corrected chi connectivity index (χ2v) is 3.98. The summed E-state index contributed by atoms with van der Waals surface area (Å²) in [4.78, 5) is 0. The summed E-state index contributed by atoms with van der Waals surface area (Å²) in [6, 6.07) is 4.54. The highest BCUT2D eigenvalue weighted by atomic mass is 19.1. The van der Waals surface area contributed by atoms with Crippen LogP contribution in [0.15, 0.2) is 18.2 Å². The lowest BCUT2D eigenvalue weighted by atomic mass is 9.88. The highest BCUT2D eigenvalue weighted by Crippen LogP contribution is 2.28. The summed E-state index contributed by atoms with van der Waals surface area (Å²) in [5.41, 5.74) is 0.713. The molecule has 0 aliphatic carbocycles. The second-order valence-electron chi connectivity index (χ2n) is 3.98. The van der Waals surface area contributed by atoms with Crippen molar-refractivity contribution in [2.24, 2.45) is 0 Å². The zero-order valence-corrected chi connectivity index (χ0v) is 8.97. The van der Waals surface area contributed by atoms with Gasteiger partial charge in [0.15, 0.2) is 0 Å². The van der Waals surface area contributed by atoms with Gasteiger partial charge in [-0.2, -0.15) is 0 Å². The predicted molar refractivity (Wildman–Crippen MR) is 55.6 cm³/mol. The third-order valence-electron chi connectivity index (χ3n) is 2.52. The van der Waals surface area contributed by atoms with Gasteiger partial charge in [-0.25, -0.2) is 4.39 Å². The van der Waals surface area contributed by atoms with Gasteiger partial charge in [0.25, 0.3) is 0 Å². The Morgan fingerprint density at radius 2 is 2.07 bits per heavy atom. The fourth-order valence-electron chi connectivity index (χ4n) is 1.80. The second kappa shape index (κ2) is 4.09. The first-order valence-electron chi connectivity index (χ1n) is 4.96. The maximum atomic E-state index is 13.0. The molecule has 1 rings (SSSR count). The molecule has 0 aromatic heterocycles. The van der Waals surface area contributed by atoms with Crippen LogP contribution in [0.1, 0.15) is 37.8 Å². The summed E-state index contributed by atoms with van der Waals surface area (Å²) in [6.07, 6.45) is 1.53. The Labute approximate surface area is 84.6 Å². The van der Waals surface area contributed by atoms with Gasteiger partial charge in [-0.3, -0.25) is 0 Å². The molecule has 0 amide bonds. The highest BCUT2D eigenvalue weighted by molar-refractivity contribution is 5.31. The predicted octanol–water partition coefficient (Wildman–Crippen LogP) is 3.14. The summed E-state index contributed by atoms with van der Waals surface area (Å²) < 4.78 is 13.0. The van der Waals surface area contributed by atoms with Crippen molar-refractivity contribution in [3.05, 3.63) is 35.1 Å². The van der Waals surface area contributed by atoms with Crippen molar-refractivity contribution >= 4 is 0 Å². The minimum atomic E-state index is -0.916. The first-order valence-corrected chi connectivity index (χ1v) is 4.96. The number of aryl methyl sites for hydroxylation is 1. The van der Waals surface area contributed by atoms with E-state index >= 15 is 0 Å². The van der Waals surface area contributed by atoms with Gasteiger partial charge in [0, 0.05) is 0 Å². The van der Waals surface area contributed by atoms with Crippen LogP contribution in [0.3, 0.4) is 0 Å². The van der Waals surface area contributed by atoms with Gasteiger partial charge >= 0.3 is 0 Å². The lowest BCUT2D eigenvalue weighted by molar-refractivity contribution is 0.0460. The lowest BCUT2D eigenvalue weighted by Gasteiger charge is -2.25. The summed E-state index contributed by atoms with van der Waals surface area (Å²) >= 11 is 0. The van der Waals surface area contributed by atoms with Crippen molar-refractivity contribution in [3.8, 4) is 0 Å². The van der Waals surface area contributed by atoms with Crippen LogP contribution in [0.4, 0.5) is 4.39 Å². The van der Waals surface area contributed by atoms with Gasteiger partial charge in [0.1, 0.15) is 5.82 Å². The third kappa shape index (κ3) is 2.32. The Morgan fingerprint density at radius 1 is 1.43 bits per heavy atom. The molecule has 1 nitrogen and oxygen atoms in total. The summed E-state index contributed by atoms with van der Waals surface area (Å²) in [5.74, 6) is -0.290. The molecule has 14 heavy (non-hydrogen) atoms. The number of aliphatic hydroxyl groups is 1. The molecule has 0 saturated heterocycles. The van der Waals surface area contributed by atoms with E-state index in [2.05, 4.69) is 0 Å². The molecular weight excluding hydrogens is 179 g/mol. The van der Waals surface area contributed by atoms with Gasteiger partial charge < -0.3 is 5.11 Å². The van der Waals surface area contributed by atoms with Crippen LogP contribution in [0.2, 0.25) is 0 Å². The normalized spacial score (nSPS) is 15.2. The molecule has 1 N–H and O–H groups in total. The molecule has 0 aliphatic rings. The zero-order chi connectivity index (χ0) is 10.8. The summed E-state index contributed by atoms with van der Waals surface area (Å²) in [5, 5.41) is 10.1. The Morgan fingerprint density at radius 3 is 2.64 bits per heavy atom. The van der Waals surface area contributed by atoms with Gasteiger partial charge in [-0.15, -0.1) is 0 Å². The molecular formula is C12H17FO. The zero-order valence-electron chi connectivity index (χ0n) is 8.97. The van der Waals surface area contributed by atoms with Crippen molar-refractivity contribution in [1.82, 2.24) is 0 Å². The van der Waals surface area contributed by atoms with E-state index in [0.29, 0.717) is 12.0 Å². The van der Waals surface area contributed by atoms with E-state index in [9.17, 15) is 9.50 Å². The van der Waals surface area contributed by atoms with E-state index in [-0.39, 0.29) is 5.82 Å². The minimum Gasteiger partial charge on any atom is -0.385 e. The average molecular weight is 196 g/mol. The van der Waals surface area contributed by atoms with Crippen molar-refractivity contribution in [1.29, 1.82) is 0 Å². The molecule has 1 unspecified atom stereocenters. The van der Waals surface area contributed by atoms with Crippen LogP contribution in [0.25, 0.3) is 0 Å². The van der Waals surface area contributed by atoms with Gasteiger partial charge in [-0.1, -0.05) is 19.4 Å². The fourth-order valence-corrected chi connectivity index (χ4v) is 1.80. The molecule has 0 saturated carbocycles. The lowest BCUT2D eigenvalue weighted by Crippen LogP contribution is -2.22. The Balaban J connectivity index is 3.10. The Bertz CT molecular complexity index is 318. The van der Waals surface area contributed by atoms with E-state index in [0.717, 1.165) is 12.0 Å². The first kappa shape index (κ1) is 11.2. The van der Waals surface area contributed by atoms with E-state index in [1.165, 1.54) is 12.1 Å². The largest absolute Gasteiger partial charge is 0.385 e. The van der Waals surface area contributed by atoms with Crippen LogP contribution in [0, 0.1) is 12.7 Å². The number of benzene rings is 1. The number of rotatable bonds is 3. The molecule has 0 fully saturated rings. The SMILES string of the molecule is CCCC(C)(O)c1cc(F)ccc1C. The molecule has 1 aromatic carbocycles. The Hall–Kier alpha value is -0.890. The quantitative estimate of drug-likeness (QED) is 0.787. The molecule has 0 heterocycles. The third-order valence-corrected chi connectivity index (χ3v) is 2.52. The number of hydrogen-bond donors (Lipinski definition) is 1. The van der Waals surface area contributed by atoms with E-state index in [1.807, 2.05) is 13.8 Å². The van der Waals surface area contributed by atoms with E-state index in [1.54, 1.807) is 13.0 Å². The average Bonchev–Trinajstić information content (AvgIpc) is 2.09. The molecule has 0 radical (unpaired) electrons. The van der Waals surface area contributed by atoms with Crippen LogP contribution < -0.4 is 0 Å². The van der Waals surface area contributed by atoms with Gasteiger partial charge in [0.2, 0.25) is 0 Å². The highest BCUT2D eigenvalue weighted by Gasteiger charge is 2.23. The monoisotopic (exact) mass is 196 g/mol. The summed E-state index contributed by atoms with van der Waals surface area (Å²) in [6.45, 7) is 5.63. The maximum Gasteiger partial charge on any atom is 0.123 e. The van der Waals surface area contributed by atoms with E-state index < -0.39 is 5.60 Å². The molecule has 78 valence electrons. The standard InChI is InChI=1S/C12H17FO/c1-4-7-12(3,14)11-8-10(13)6-5-9(11)2/h5-6,8,14H,4,7H2,1-3H3. The fraction of sp³-hybridized carbons (Fsp3) is 0.500. The smallest absolute Gasteiger partial charge is 0.123 e. The summed E-state index contributed by atoms with van der Waals surface area (Å²) in [7, 11) is 0. The van der Waals surface area contributed by atoms with Crippen molar-refractivity contribution in [2.75, 3.05) is 0 Å². The maximum absolute atomic E-state index is 13.0. The molecule has 2 heteroatoms. The molecule has 1 aromatic rings. The van der Waals surface area contributed by atoms with Crippen molar-refractivity contribution < 1.29 is 9.50 Å². The van der Waals surface area contributed by atoms with E-state index in [4.69, 9.17) is 0 Å².